The summed E-state index contributed by atoms with van der Waals surface area (Å²) in [6.45, 7) is 3.34. The van der Waals surface area contributed by atoms with Gasteiger partial charge in [0, 0.05) is 18.0 Å². The van der Waals surface area contributed by atoms with Gasteiger partial charge in [-0.05, 0) is 25.5 Å². The van der Waals surface area contributed by atoms with Gasteiger partial charge >= 0.3 is 5.63 Å². The van der Waals surface area contributed by atoms with E-state index in [1.807, 2.05) is 0 Å². The van der Waals surface area contributed by atoms with Gasteiger partial charge in [0.05, 0.1) is 23.1 Å². The Kier molecular flexibility index (Phi) is 4.73. The molecule has 118 valence electrons. The highest BCUT2D eigenvalue weighted by Crippen LogP contribution is 2.30. The number of amides is 1. The third-order valence-corrected chi connectivity index (χ3v) is 3.59. The minimum atomic E-state index is -0.667. The van der Waals surface area contributed by atoms with Gasteiger partial charge in [0.15, 0.2) is 0 Å². The monoisotopic (exact) mass is 325 g/mol. The smallest absolute Gasteiger partial charge is 0.340 e. The third-order valence-electron chi connectivity index (χ3n) is 3.29. The number of rotatable bonds is 4. The van der Waals surface area contributed by atoms with Crippen molar-refractivity contribution < 1.29 is 19.4 Å². The van der Waals surface area contributed by atoms with Crippen LogP contribution >= 0.6 is 11.6 Å². The first-order valence-electron chi connectivity index (χ1n) is 6.69. The molecule has 1 atom stereocenters. The number of nitrogens with one attached hydrogen (secondary N) is 1. The number of carbonyl (C=O) groups excluding carboxylic acids is 1. The molecule has 1 aromatic carbocycles. The lowest BCUT2D eigenvalue weighted by Gasteiger charge is -2.10. The lowest BCUT2D eigenvalue weighted by Crippen LogP contribution is -2.33. The number of aliphatic hydroxyl groups excluding tert-OH is 1. The number of phenols is 1. The normalized spacial score (nSPS) is 12.4. The zero-order chi connectivity index (χ0) is 16.4. The maximum Gasteiger partial charge on any atom is 0.340 e. The number of aliphatic hydroxyl groups is 1. The number of aryl methyl sites for hydroxylation is 1. The number of carbonyl (C=O) groups is 1. The highest BCUT2D eigenvalue weighted by Gasteiger charge is 2.16. The highest BCUT2D eigenvalue weighted by molar-refractivity contribution is 6.32. The zero-order valence-corrected chi connectivity index (χ0v) is 12.9. The molecule has 1 heterocycles. The molecule has 3 N–H and O–H groups in total. The summed E-state index contributed by atoms with van der Waals surface area (Å²) < 4.78 is 5.13. The van der Waals surface area contributed by atoms with Crippen molar-refractivity contribution in [3.05, 3.63) is 38.7 Å². The van der Waals surface area contributed by atoms with Gasteiger partial charge in [-0.3, -0.25) is 4.79 Å². The summed E-state index contributed by atoms with van der Waals surface area (Å²) in [7, 11) is 0. The van der Waals surface area contributed by atoms with E-state index >= 15 is 0 Å². The van der Waals surface area contributed by atoms with E-state index in [4.69, 9.17) is 21.1 Å². The summed E-state index contributed by atoms with van der Waals surface area (Å²) in [5.41, 5.74) is 0.356. The standard InChI is InChI=1S/C15H16ClNO5/c1-7(18)6-17-14(20)4-10-8(2)9-3-11(16)12(19)5-13(9)22-15(10)21/h3,5,7,18-19H,4,6H2,1-2H3,(H,17,20). The first-order chi connectivity index (χ1) is 10.3. The van der Waals surface area contributed by atoms with Crippen molar-refractivity contribution >= 4 is 28.5 Å². The number of hydrogen-bond acceptors (Lipinski definition) is 5. The number of aromatic hydroxyl groups is 1. The predicted molar refractivity (Wildman–Crippen MR) is 82.3 cm³/mol. The van der Waals surface area contributed by atoms with Crippen LogP contribution in [0.25, 0.3) is 11.0 Å². The maximum absolute atomic E-state index is 12.0. The van der Waals surface area contributed by atoms with Gasteiger partial charge in [-0.2, -0.15) is 0 Å². The van der Waals surface area contributed by atoms with Gasteiger partial charge in [-0.25, -0.2) is 4.79 Å². The lowest BCUT2D eigenvalue weighted by molar-refractivity contribution is -0.120. The third kappa shape index (κ3) is 3.40. The van der Waals surface area contributed by atoms with Crippen molar-refractivity contribution in [3.8, 4) is 5.75 Å². The molecular weight excluding hydrogens is 310 g/mol. The molecule has 0 aliphatic carbocycles. The van der Waals surface area contributed by atoms with Crippen LogP contribution in [0, 0.1) is 6.92 Å². The molecule has 1 amide bonds. The van der Waals surface area contributed by atoms with E-state index < -0.39 is 11.7 Å². The molecule has 0 spiro atoms. The van der Waals surface area contributed by atoms with Gasteiger partial charge in [0.2, 0.25) is 5.91 Å². The molecule has 1 unspecified atom stereocenters. The Labute approximate surface area is 131 Å². The fraction of sp³-hybridized carbons (Fsp3) is 0.333. The Hall–Kier alpha value is -2.05. The molecule has 0 aliphatic rings. The molecule has 1 aromatic heterocycles. The fourth-order valence-electron chi connectivity index (χ4n) is 2.09. The summed E-state index contributed by atoms with van der Waals surface area (Å²) in [4.78, 5) is 23.8. The van der Waals surface area contributed by atoms with Crippen LogP contribution < -0.4 is 10.9 Å². The van der Waals surface area contributed by atoms with Gasteiger partial charge in [-0.1, -0.05) is 11.6 Å². The Morgan fingerprint density at radius 2 is 2.14 bits per heavy atom. The summed E-state index contributed by atoms with van der Waals surface area (Å²) in [6, 6.07) is 2.76. The zero-order valence-electron chi connectivity index (χ0n) is 12.1. The van der Waals surface area contributed by atoms with E-state index in [1.165, 1.54) is 12.1 Å². The predicted octanol–water partition coefficient (Wildman–Crippen LogP) is 1.50. The van der Waals surface area contributed by atoms with Crippen LogP contribution in [0.1, 0.15) is 18.1 Å². The van der Waals surface area contributed by atoms with E-state index in [2.05, 4.69) is 5.32 Å². The average Bonchev–Trinajstić information content (AvgIpc) is 2.44. The van der Waals surface area contributed by atoms with Gasteiger partial charge in [0.1, 0.15) is 11.3 Å². The second-order valence-corrected chi connectivity index (χ2v) is 5.53. The molecule has 0 fully saturated rings. The Bertz CT molecular complexity index is 782. The number of hydrogen-bond donors (Lipinski definition) is 3. The lowest BCUT2D eigenvalue weighted by atomic mass is 10.0. The summed E-state index contributed by atoms with van der Waals surface area (Å²) in [5.74, 6) is -0.570. The van der Waals surface area contributed by atoms with E-state index in [0.717, 1.165) is 0 Å². The van der Waals surface area contributed by atoms with Crippen LogP contribution in [0.4, 0.5) is 0 Å². The van der Waals surface area contributed by atoms with Crippen molar-refractivity contribution in [1.82, 2.24) is 5.32 Å². The molecule has 0 aliphatic heterocycles. The van der Waals surface area contributed by atoms with Crippen LogP contribution in [0.3, 0.4) is 0 Å². The van der Waals surface area contributed by atoms with Crippen LogP contribution in [-0.2, 0) is 11.2 Å². The minimum Gasteiger partial charge on any atom is -0.506 e. The number of benzene rings is 1. The van der Waals surface area contributed by atoms with Gasteiger partial charge in [0.25, 0.3) is 0 Å². The molecule has 2 rings (SSSR count). The topological polar surface area (TPSA) is 99.8 Å². The van der Waals surface area contributed by atoms with Crippen LogP contribution in [-0.4, -0.2) is 28.8 Å². The quantitative estimate of drug-likeness (QED) is 0.740. The van der Waals surface area contributed by atoms with E-state index in [9.17, 15) is 14.7 Å². The van der Waals surface area contributed by atoms with E-state index in [-0.39, 0.29) is 40.8 Å². The Balaban J connectivity index is 2.40. The summed E-state index contributed by atoms with van der Waals surface area (Å²) >= 11 is 5.87. The second-order valence-electron chi connectivity index (χ2n) is 5.12. The minimum absolute atomic E-state index is 0.108. The number of fused-ring (bicyclic) bond motifs is 1. The van der Waals surface area contributed by atoms with Crippen molar-refractivity contribution in [2.24, 2.45) is 0 Å². The molecule has 0 saturated carbocycles. The van der Waals surface area contributed by atoms with Crippen LogP contribution in [0.5, 0.6) is 5.75 Å². The first-order valence-corrected chi connectivity index (χ1v) is 7.07. The first kappa shape index (κ1) is 16.3. The fourth-order valence-corrected chi connectivity index (χ4v) is 2.25. The largest absolute Gasteiger partial charge is 0.506 e. The highest BCUT2D eigenvalue weighted by atomic mass is 35.5. The molecule has 0 saturated heterocycles. The van der Waals surface area contributed by atoms with E-state index in [1.54, 1.807) is 13.8 Å². The number of phenolic OH excluding ortho intramolecular Hbond substituents is 1. The average molecular weight is 326 g/mol. The Morgan fingerprint density at radius 1 is 1.45 bits per heavy atom. The number of halogens is 1. The van der Waals surface area contributed by atoms with Crippen LogP contribution in [0.15, 0.2) is 21.3 Å². The summed E-state index contributed by atoms with van der Waals surface area (Å²) in [6.07, 6.45) is -0.824. The van der Waals surface area contributed by atoms with Crippen molar-refractivity contribution in [2.75, 3.05) is 6.54 Å². The van der Waals surface area contributed by atoms with E-state index in [0.29, 0.717) is 10.9 Å². The van der Waals surface area contributed by atoms with Crippen molar-refractivity contribution in [1.29, 1.82) is 0 Å². The van der Waals surface area contributed by atoms with Crippen molar-refractivity contribution in [2.45, 2.75) is 26.4 Å². The summed E-state index contributed by atoms with van der Waals surface area (Å²) in [5, 5.41) is 21.9. The van der Waals surface area contributed by atoms with Crippen molar-refractivity contribution in [3.63, 3.8) is 0 Å². The molecule has 22 heavy (non-hydrogen) atoms. The molecule has 0 radical (unpaired) electrons. The van der Waals surface area contributed by atoms with Gasteiger partial charge < -0.3 is 19.9 Å². The van der Waals surface area contributed by atoms with Gasteiger partial charge in [-0.15, -0.1) is 0 Å². The molecule has 7 heteroatoms. The molecular formula is C15H16ClNO5. The molecule has 0 bridgehead atoms. The molecule has 2 aromatic rings. The Morgan fingerprint density at radius 3 is 2.77 bits per heavy atom. The van der Waals surface area contributed by atoms with Crippen LogP contribution in [0.2, 0.25) is 5.02 Å². The maximum atomic E-state index is 12.0. The molecule has 6 nitrogen and oxygen atoms in total. The second kappa shape index (κ2) is 6.37. The SMILES string of the molecule is Cc1c(CC(=O)NCC(C)O)c(=O)oc2cc(O)c(Cl)cc12.